The first-order valence-corrected chi connectivity index (χ1v) is 4.72. The van der Waals surface area contributed by atoms with Gasteiger partial charge in [0.25, 0.3) is 0 Å². The fourth-order valence-corrected chi connectivity index (χ4v) is 1.22. The lowest BCUT2D eigenvalue weighted by Gasteiger charge is -2.11. The fraction of sp³-hybridized carbons (Fsp3) is 0.364. The third-order valence-electron chi connectivity index (χ3n) is 1.90. The Balaban J connectivity index is 2.89. The van der Waals surface area contributed by atoms with Crippen molar-refractivity contribution in [1.29, 1.82) is 0 Å². The number of aryl methyl sites for hydroxylation is 1. The van der Waals surface area contributed by atoms with E-state index in [4.69, 9.17) is 4.74 Å². The Morgan fingerprint density at radius 3 is 2.93 bits per heavy atom. The van der Waals surface area contributed by atoms with Gasteiger partial charge in [0.2, 0.25) is 6.41 Å². The highest BCUT2D eigenvalue weighted by molar-refractivity contribution is 5.77. The summed E-state index contributed by atoms with van der Waals surface area (Å²) in [5.74, 6) is 0.735. The zero-order valence-corrected chi connectivity index (χ0v) is 8.54. The molecule has 0 aliphatic carbocycles. The number of benzene rings is 1. The highest BCUT2D eigenvalue weighted by atomic mass is 16.5. The fourth-order valence-electron chi connectivity index (χ4n) is 1.22. The molecule has 1 N–H and O–H groups in total. The maximum Gasteiger partial charge on any atom is 0.211 e. The molecule has 1 rings (SSSR count). The van der Waals surface area contributed by atoms with Gasteiger partial charge in [0.1, 0.15) is 5.75 Å². The minimum atomic E-state index is 0.664. The lowest BCUT2D eigenvalue weighted by Crippen LogP contribution is -2.02. The summed E-state index contributed by atoms with van der Waals surface area (Å²) < 4.78 is 5.50. The van der Waals surface area contributed by atoms with E-state index >= 15 is 0 Å². The number of ether oxygens (including phenoxy) is 1. The molecule has 3 nitrogen and oxygen atoms in total. The second kappa shape index (κ2) is 5.27. The quantitative estimate of drug-likeness (QED) is 0.729. The molecule has 0 spiro atoms. The SMILES string of the molecule is CCCOc1cccc(C)c1NC=O. The number of nitrogens with one attached hydrogen (secondary N) is 1. The van der Waals surface area contributed by atoms with Gasteiger partial charge in [0.05, 0.1) is 12.3 Å². The molecule has 14 heavy (non-hydrogen) atoms. The molecule has 0 aliphatic rings. The van der Waals surface area contributed by atoms with E-state index in [-0.39, 0.29) is 0 Å². The first-order chi connectivity index (χ1) is 6.79. The standard InChI is InChI=1S/C11H15NO2/c1-3-7-14-10-6-4-5-9(2)11(10)12-8-13/h4-6,8H,3,7H2,1-2H3,(H,12,13). The molecule has 76 valence electrons. The third kappa shape index (κ3) is 2.49. The van der Waals surface area contributed by atoms with E-state index in [1.807, 2.05) is 32.0 Å². The van der Waals surface area contributed by atoms with Crippen molar-refractivity contribution >= 4 is 12.1 Å². The highest BCUT2D eigenvalue weighted by Gasteiger charge is 2.04. The second-order valence-corrected chi connectivity index (χ2v) is 3.06. The summed E-state index contributed by atoms with van der Waals surface area (Å²) in [5, 5.41) is 2.65. The monoisotopic (exact) mass is 193 g/mol. The molecule has 0 aliphatic heterocycles. The molecule has 1 aromatic carbocycles. The van der Waals surface area contributed by atoms with Gasteiger partial charge < -0.3 is 10.1 Å². The van der Waals surface area contributed by atoms with Crippen LogP contribution in [-0.2, 0) is 4.79 Å². The lowest BCUT2D eigenvalue weighted by atomic mass is 10.2. The van der Waals surface area contributed by atoms with Gasteiger partial charge in [0.15, 0.2) is 0 Å². The van der Waals surface area contributed by atoms with Crippen molar-refractivity contribution in [2.45, 2.75) is 20.3 Å². The second-order valence-electron chi connectivity index (χ2n) is 3.06. The van der Waals surface area contributed by atoms with E-state index in [0.717, 1.165) is 23.4 Å². The molecule has 0 atom stereocenters. The number of anilines is 1. The minimum absolute atomic E-state index is 0.664. The van der Waals surface area contributed by atoms with E-state index in [9.17, 15) is 4.79 Å². The maximum absolute atomic E-state index is 10.4. The van der Waals surface area contributed by atoms with Crippen molar-refractivity contribution in [3.8, 4) is 5.75 Å². The van der Waals surface area contributed by atoms with Crippen LogP contribution in [0.2, 0.25) is 0 Å². The zero-order valence-electron chi connectivity index (χ0n) is 8.54. The lowest BCUT2D eigenvalue weighted by molar-refractivity contribution is -0.105. The number of amides is 1. The Morgan fingerprint density at radius 1 is 1.50 bits per heavy atom. The summed E-state index contributed by atoms with van der Waals surface area (Å²) in [4.78, 5) is 10.4. The predicted octanol–water partition coefficient (Wildman–Crippen LogP) is 2.35. The van der Waals surface area contributed by atoms with Crippen LogP contribution in [0.5, 0.6) is 5.75 Å². The minimum Gasteiger partial charge on any atom is -0.491 e. The van der Waals surface area contributed by atoms with Gasteiger partial charge in [-0.25, -0.2) is 0 Å². The van der Waals surface area contributed by atoms with Gasteiger partial charge in [-0.2, -0.15) is 0 Å². The highest BCUT2D eigenvalue weighted by Crippen LogP contribution is 2.27. The van der Waals surface area contributed by atoms with Crippen molar-refractivity contribution in [1.82, 2.24) is 0 Å². The summed E-state index contributed by atoms with van der Waals surface area (Å²) >= 11 is 0. The van der Waals surface area contributed by atoms with Gasteiger partial charge in [0, 0.05) is 0 Å². The normalized spacial score (nSPS) is 9.57. The van der Waals surface area contributed by atoms with Gasteiger partial charge >= 0.3 is 0 Å². The van der Waals surface area contributed by atoms with E-state index in [1.165, 1.54) is 0 Å². The van der Waals surface area contributed by atoms with Gasteiger partial charge in [-0.3, -0.25) is 4.79 Å². The van der Waals surface area contributed by atoms with E-state index in [0.29, 0.717) is 13.0 Å². The van der Waals surface area contributed by atoms with Gasteiger partial charge in [-0.05, 0) is 25.0 Å². The summed E-state index contributed by atoms with van der Waals surface area (Å²) in [6.07, 6.45) is 1.62. The van der Waals surface area contributed by atoms with Crippen molar-refractivity contribution < 1.29 is 9.53 Å². The maximum atomic E-state index is 10.4. The van der Waals surface area contributed by atoms with E-state index in [1.54, 1.807) is 0 Å². The summed E-state index contributed by atoms with van der Waals surface area (Å²) in [7, 11) is 0. The Bertz CT molecular complexity index is 310. The largest absolute Gasteiger partial charge is 0.491 e. The number of hydrogen-bond donors (Lipinski definition) is 1. The number of para-hydroxylation sites is 1. The van der Waals surface area contributed by atoms with Crippen molar-refractivity contribution in [2.24, 2.45) is 0 Å². The van der Waals surface area contributed by atoms with E-state index < -0.39 is 0 Å². The first-order valence-electron chi connectivity index (χ1n) is 4.72. The van der Waals surface area contributed by atoms with Gasteiger partial charge in [-0.1, -0.05) is 19.1 Å². The van der Waals surface area contributed by atoms with E-state index in [2.05, 4.69) is 5.32 Å². The zero-order chi connectivity index (χ0) is 10.4. The van der Waals surface area contributed by atoms with Crippen LogP contribution in [0.25, 0.3) is 0 Å². The molecule has 0 aromatic heterocycles. The molecule has 0 saturated carbocycles. The van der Waals surface area contributed by atoms with Crippen molar-refractivity contribution in [3.05, 3.63) is 23.8 Å². The molecule has 0 saturated heterocycles. The van der Waals surface area contributed by atoms with Crippen LogP contribution in [0.3, 0.4) is 0 Å². The van der Waals surface area contributed by atoms with Crippen LogP contribution in [0.1, 0.15) is 18.9 Å². The van der Waals surface area contributed by atoms with Crippen molar-refractivity contribution in [2.75, 3.05) is 11.9 Å². The Labute approximate surface area is 84.1 Å². The molecule has 3 heteroatoms. The molecule has 0 heterocycles. The molecule has 0 bridgehead atoms. The topological polar surface area (TPSA) is 38.3 Å². The van der Waals surface area contributed by atoms with Crippen LogP contribution in [-0.4, -0.2) is 13.0 Å². The molecule has 0 fully saturated rings. The third-order valence-corrected chi connectivity index (χ3v) is 1.90. The Kier molecular flexibility index (Phi) is 3.98. The number of hydrogen-bond acceptors (Lipinski definition) is 2. The summed E-state index contributed by atoms with van der Waals surface area (Å²) in [6.45, 7) is 4.64. The summed E-state index contributed by atoms with van der Waals surface area (Å²) in [5.41, 5.74) is 1.77. The first kappa shape index (κ1) is 10.6. The van der Waals surface area contributed by atoms with Crippen LogP contribution < -0.4 is 10.1 Å². The average Bonchev–Trinajstić information content (AvgIpc) is 2.19. The Hall–Kier alpha value is -1.51. The molecular weight excluding hydrogens is 178 g/mol. The molecule has 0 unspecified atom stereocenters. The van der Waals surface area contributed by atoms with Gasteiger partial charge in [-0.15, -0.1) is 0 Å². The van der Waals surface area contributed by atoms with Crippen LogP contribution >= 0.6 is 0 Å². The molecule has 0 radical (unpaired) electrons. The number of rotatable bonds is 5. The summed E-state index contributed by atoms with van der Waals surface area (Å²) in [6, 6.07) is 5.70. The van der Waals surface area contributed by atoms with Crippen LogP contribution in [0.4, 0.5) is 5.69 Å². The molecule has 1 aromatic rings. The number of carbonyl (C=O) groups is 1. The van der Waals surface area contributed by atoms with Crippen LogP contribution in [0, 0.1) is 6.92 Å². The molecular formula is C11H15NO2. The molecule has 1 amide bonds. The average molecular weight is 193 g/mol. The smallest absolute Gasteiger partial charge is 0.211 e. The predicted molar refractivity (Wildman–Crippen MR) is 56.7 cm³/mol. The van der Waals surface area contributed by atoms with Crippen LogP contribution in [0.15, 0.2) is 18.2 Å². The van der Waals surface area contributed by atoms with Crippen molar-refractivity contribution in [3.63, 3.8) is 0 Å². The Morgan fingerprint density at radius 2 is 2.29 bits per heavy atom. The number of carbonyl (C=O) groups excluding carboxylic acids is 1.